The zero-order chi connectivity index (χ0) is 14.2. The summed E-state index contributed by atoms with van der Waals surface area (Å²) in [6.45, 7) is 4.96. The minimum absolute atomic E-state index is 0.165. The lowest BCUT2D eigenvalue weighted by atomic mass is 10.0. The molecule has 0 aromatic heterocycles. The SMILES string of the molecule is CC1CCCC(NC(=O)CCOC2CCNCC2)CC1. The third kappa shape index (κ3) is 5.80. The second-order valence-electron chi connectivity index (χ2n) is 6.45. The van der Waals surface area contributed by atoms with Crippen molar-refractivity contribution < 1.29 is 9.53 Å². The number of carbonyl (C=O) groups is 1. The van der Waals surface area contributed by atoms with E-state index in [0.29, 0.717) is 25.2 Å². The summed E-state index contributed by atoms with van der Waals surface area (Å²) in [5.41, 5.74) is 0. The molecule has 1 saturated heterocycles. The third-order valence-corrected chi connectivity index (χ3v) is 4.59. The number of hydrogen-bond acceptors (Lipinski definition) is 3. The average molecular weight is 282 g/mol. The van der Waals surface area contributed by atoms with E-state index in [9.17, 15) is 4.79 Å². The molecular weight excluding hydrogens is 252 g/mol. The van der Waals surface area contributed by atoms with Gasteiger partial charge in [-0.05, 0) is 51.1 Å². The molecule has 4 nitrogen and oxygen atoms in total. The van der Waals surface area contributed by atoms with Gasteiger partial charge in [-0.15, -0.1) is 0 Å². The maximum Gasteiger partial charge on any atom is 0.222 e. The van der Waals surface area contributed by atoms with Crippen LogP contribution in [0.15, 0.2) is 0 Å². The van der Waals surface area contributed by atoms with Crippen molar-refractivity contribution in [2.24, 2.45) is 5.92 Å². The fraction of sp³-hybridized carbons (Fsp3) is 0.938. The first-order chi connectivity index (χ1) is 9.74. The van der Waals surface area contributed by atoms with Gasteiger partial charge in [0.2, 0.25) is 5.91 Å². The Balaban J connectivity index is 1.57. The molecule has 0 radical (unpaired) electrons. The molecule has 1 aliphatic carbocycles. The normalized spacial score (nSPS) is 28.9. The van der Waals surface area contributed by atoms with E-state index in [4.69, 9.17) is 4.74 Å². The third-order valence-electron chi connectivity index (χ3n) is 4.59. The van der Waals surface area contributed by atoms with Gasteiger partial charge in [0.15, 0.2) is 0 Å². The predicted octanol–water partition coefficient (Wildman–Crippen LogP) is 2.23. The Labute approximate surface area is 123 Å². The lowest BCUT2D eigenvalue weighted by Gasteiger charge is -2.23. The second-order valence-corrected chi connectivity index (χ2v) is 6.45. The van der Waals surface area contributed by atoms with Crippen molar-refractivity contribution >= 4 is 5.91 Å². The average Bonchev–Trinajstić information content (AvgIpc) is 2.65. The van der Waals surface area contributed by atoms with Crippen LogP contribution in [0.4, 0.5) is 0 Å². The lowest BCUT2D eigenvalue weighted by molar-refractivity contribution is -0.123. The minimum atomic E-state index is 0.165. The number of hydrogen-bond donors (Lipinski definition) is 2. The molecule has 1 saturated carbocycles. The van der Waals surface area contributed by atoms with Crippen molar-refractivity contribution in [1.29, 1.82) is 0 Å². The van der Waals surface area contributed by atoms with Gasteiger partial charge in [-0.1, -0.05) is 19.8 Å². The van der Waals surface area contributed by atoms with E-state index in [1.54, 1.807) is 0 Å². The van der Waals surface area contributed by atoms with Crippen molar-refractivity contribution in [2.45, 2.75) is 70.4 Å². The number of carbonyl (C=O) groups excluding carboxylic acids is 1. The summed E-state index contributed by atoms with van der Waals surface area (Å²) in [4.78, 5) is 11.9. The Morgan fingerprint density at radius 2 is 1.95 bits per heavy atom. The predicted molar refractivity (Wildman–Crippen MR) is 80.6 cm³/mol. The highest BCUT2D eigenvalue weighted by Crippen LogP contribution is 2.22. The maximum atomic E-state index is 11.9. The molecule has 0 bridgehead atoms. The molecule has 2 unspecified atom stereocenters. The van der Waals surface area contributed by atoms with Crippen molar-refractivity contribution in [3.8, 4) is 0 Å². The molecule has 20 heavy (non-hydrogen) atoms. The molecule has 0 aromatic rings. The summed E-state index contributed by atoms with van der Waals surface area (Å²) in [5, 5.41) is 6.50. The van der Waals surface area contributed by atoms with Crippen LogP contribution in [0, 0.1) is 5.92 Å². The van der Waals surface area contributed by atoms with Crippen LogP contribution in [-0.2, 0) is 9.53 Å². The number of ether oxygens (including phenoxy) is 1. The van der Waals surface area contributed by atoms with Gasteiger partial charge < -0.3 is 15.4 Å². The van der Waals surface area contributed by atoms with Gasteiger partial charge in [0.1, 0.15) is 0 Å². The number of piperidine rings is 1. The van der Waals surface area contributed by atoms with Crippen molar-refractivity contribution in [1.82, 2.24) is 10.6 Å². The van der Waals surface area contributed by atoms with Gasteiger partial charge in [0, 0.05) is 12.5 Å². The molecule has 1 aliphatic heterocycles. The molecule has 2 fully saturated rings. The molecule has 2 rings (SSSR count). The molecule has 1 amide bonds. The molecular formula is C16H30N2O2. The van der Waals surface area contributed by atoms with E-state index in [-0.39, 0.29) is 5.91 Å². The summed E-state index contributed by atoms with van der Waals surface area (Å²) in [6.07, 6.45) is 9.09. The Morgan fingerprint density at radius 1 is 1.15 bits per heavy atom. The van der Waals surface area contributed by atoms with Crippen molar-refractivity contribution in [3.63, 3.8) is 0 Å². The summed E-state index contributed by atoms with van der Waals surface area (Å²) in [7, 11) is 0. The van der Waals surface area contributed by atoms with E-state index in [1.807, 2.05) is 0 Å². The lowest BCUT2D eigenvalue weighted by Crippen LogP contribution is -2.36. The highest BCUT2D eigenvalue weighted by molar-refractivity contribution is 5.76. The van der Waals surface area contributed by atoms with Gasteiger partial charge in [0.25, 0.3) is 0 Å². The first-order valence-corrected chi connectivity index (χ1v) is 8.35. The summed E-state index contributed by atoms with van der Waals surface area (Å²) in [5.74, 6) is 0.985. The Morgan fingerprint density at radius 3 is 2.75 bits per heavy atom. The summed E-state index contributed by atoms with van der Waals surface area (Å²) >= 11 is 0. The highest BCUT2D eigenvalue weighted by Gasteiger charge is 2.18. The molecule has 2 N–H and O–H groups in total. The number of rotatable bonds is 5. The van der Waals surface area contributed by atoms with E-state index in [2.05, 4.69) is 17.6 Å². The second kappa shape index (κ2) is 8.63. The summed E-state index contributed by atoms with van der Waals surface area (Å²) < 4.78 is 5.78. The van der Waals surface area contributed by atoms with E-state index >= 15 is 0 Å². The fourth-order valence-electron chi connectivity index (χ4n) is 3.21. The first kappa shape index (κ1) is 15.8. The Hall–Kier alpha value is -0.610. The van der Waals surface area contributed by atoms with Gasteiger partial charge in [-0.2, -0.15) is 0 Å². The van der Waals surface area contributed by atoms with Gasteiger partial charge in [-0.25, -0.2) is 0 Å². The van der Waals surface area contributed by atoms with Crippen LogP contribution >= 0.6 is 0 Å². The standard InChI is InChI=1S/C16H30N2O2/c1-13-3-2-4-14(6-5-13)18-16(19)9-12-20-15-7-10-17-11-8-15/h13-15,17H,2-12H2,1H3,(H,18,19). The number of amides is 1. The molecule has 0 spiro atoms. The summed E-state index contributed by atoms with van der Waals surface area (Å²) in [6, 6.07) is 0.395. The van der Waals surface area contributed by atoms with Crippen LogP contribution in [0.25, 0.3) is 0 Å². The fourth-order valence-corrected chi connectivity index (χ4v) is 3.21. The van der Waals surface area contributed by atoms with Crippen LogP contribution in [0.2, 0.25) is 0 Å². The van der Waals surface area contributed by atoms with E-state index in [0.717, 1.165) is 44.7 Å². The Kier molecular flexibility index (Phi) is 6.80. The van der Waals surface area contributed by atoms with Crippen LogP contribution in [-0.4, -0.2) is 37.7 Å². The van der Waals surface area contributed by atoms with Gasteiger partial charge >= 0.3 is 0 Å². The van der Waals surface area contributed by atoms with Gasteiger partial charge in [-0.3, -0.25) is 4.79 Å². The van der Waals surface area contributed by atoms with Gasteiger partial charge in [0.05, 0.1) is 12.7 Å². The highest BCUT2D eigenvalue weighted by atomic mass is 16.5. The molecule has 1 heterocycles. The molecule has 2 aliphatic rings. The maximum absolute atomic E-state index is 11.9. The topological polar surface area (TPSA) is 50.4 Å². The molecule has 2 atom stereocenters. The minimum Gasteiger partial charge on any atom is -0.378 e. The zero-order valence-electron chi connectivity index (χ0n) is 12.8. The van der Waals surface area contributed by atoms with E-state index < -0.39 is 0 Å². The number of nitrogens with one attached hydrogen (secondary N) is 2. The zero-order valence-corrected chi connectivity index (χ0v) is 12.8. The smallest absolute Gasteiger partial charge is 0.222 e. The first-order valence-electron chi connectivity index (χ1n) is 8.35. The molecule has 0 aromatic carbocycles. The molecule has 4 heteroatoms. The van der Waals surface area contributed by atoms with Crippen molar-refractivity contribution in [2.75, 3.05) is 19.7 Å². The molecule has 116 valence electrons. The largest absolute Gasteiger partial charge is 0.378 e. The van der Waals surface area contributed by atoms with Crippen LogP contribution in [0.3, 0.4) is 0 Å². The Bertz CT molecular complexity index is 290. The monoisotopic (exact) mass is 282 g/mol. The quantitative estimate of drug-likeness (QED) is 0.760. The van der Waals surface area contributed by atoms with Crippen LogP contribution in [0.5, 0.6) is 0 Å². The van der Waals surface area contributed by atoms with Crippen molar-refractivity contribution in [3.05, 3.63) is 0 Å². The van der Waals surface area contributed by atoms with Crippen LogP contribution in [0.1, 0.15) is 58.3 Å². The van der Waals surface area contributed by atoms with Crippen LogP contribution < -0.4 is 10.6 Å². The van der Waals surface area contributed by atoms with E-state index in [1.165, 1.54) is 19.3 Å².